The van der Waals surface area contributed by atoms with Crippen LogP contribution in [0.3, 0.4) is 0 Å². The van der Waals surface area contributed by atoms with Crippen molar-refractivity contribution in [2.45, 2.75) is 32.7 Å². The summed E-state index contributed by atoms with van der Waals surface area (Å²) in [4.78, 5) is 36.8. The Bertz CT molecular complexity index is 396. The zero-order valence-electron chi connectivity index (χ0n) is 10.2. The number of carbonyl (C=O) groups excluding carboxylic acids is 3. The quantitative estimate of drug-likeness (QED) is 0.667. The van der Waals surface area contributed by atoms with Crippen molar-refractivity contribution in [2.24, 2.45) is 5.41 Å². The number of carbonyl (C=O) groups is 3. The number of urea groups is 1. The van der Waals surface area contributed by atoms with E-state index in [-0.39, 0.29) is 0 Å². The number of hydrogen-bond donors (Lipinski definition) is 1. The maximum absolute atomic E-state index is 12.2. The molecule has 6 nitrogen and oxygen atoms in total. The van der Waals surface area contributed by atoms with Crippen molar-refractivity contribution in [1.29, 1.82) is 0 Å². The van der Waals surface area contributed by atoms with Crippen molar-refractivity contribution in [3.63, 3.8) is 0 Å². The number of rotatable bonds is 1. The first kappa shape index (κ1) is 12.0. The van der Waals surface area contributed by atoms with Crippen LogP contribution in [0.15, 0.2) is 0 Å². The van der Waals surface area contributed by atoms with Crippen molar-refractivity contribution >= 4 is 17.8 Å². The topological polar surface area (TPSA) is 75.7 Å². The van der Waals surface area contributed by atoms with E-state index in [1.165, 1.54) is 13.8 Å². The van der Waals surface area contributed by atoms with Crippen LogP contribution in [0, 0.1) is 5.41 Å². The Balaban J connectivity index is 2.37. The molecule has 1 atom stereocenters. The lowest BCUT2D eigenvalue weighted by Gasteiger charge is -2.42. The van der Waals surface area contributed by atoms with Crippen molar-refractivity contribution in [2.75, 3.05) is 13.2 Å². The Hall–Kier alpha value is -1.43. The molecule has 0 aromatic carbocycles. The second-order valence-corrected chi connectivity index (χ2v) is 5.32. The van der Waals surface area contributed by atoms with Gasteiger partial charge in [-0.15, -0.1) is 0 Å². The normalized spacial score (nSPS) is 32.9. The molecule has 0 bridgehead atoms. The standard InChI is InChI=1S/C11H16N2O4/c1-10(2)7(14)12-9(16)13(8(10)15)11(3)4-5-17-6-11/h4-6H2,1-3H3,(H,12,14,16). The molecule has 0 radical (unpaired) electrons. The maximum Gasteiger partial charge on any atom is 0.331 e. The van der Waals surface area contributed by atoms with E-state index in [1.807, 2.05) is 0 Å². The molecule has 0 spiro atoms. The highest BCUT2D eigenvalue weighted by Gasteiger charge is 2.53. The Kier molecular flexibility index (Phi) is 2.50. The Morgan fingerprint density at radius 1 is 1.24 bits per heavy atom. The van der Waals surface area contributed by atoms with Crippen molar-refractivity contribution in [1.82, 2.24) is 10.2 Å². The number of imide groups is 2. The van der Waals surface area contributed by atoms with Gasteiger partial charge in [-0.05, 0) is 27.2 Å². The number of amides is 4. The van der Waals surface area contributed by atoms with Crippen LogP contribution in [0.5, 0.6) is 0 Å². The lowest BCUT2D eigenvalue weighted by molar-refractivity contribution is -0.152. The molecule has 1 unspecified atom stereocenters. The minimum atomic E-state index is -1.21. The van der Waals surface area contributed by atoms with Crippen LogP contribution in [0.4, 0.5) is 4.79 Å². The van der Waals surface area contributed by atoms with E-state index in [4.69, 9.17) is 4.74 Å². The van der Waals surface area contributed by atoms with Gasteiger partial charge in [0.25, 0.3) is 0 Å². The number of ether oxygens (including phenoxy) is 1. The number of nitrogens with one attached hydrogen (secondary N) is 1. The van der Waals surface area contributed by atoms with Crippen LogP contribution in [-0.4, -0.2) is 41.5 Å². The van der Waals surface area contributed by atoms with Crippen LogP contribution in [0.2, 0.25) is 0 Å². The van der Waals surface area contributed by atoms with E-state index in [1.54, 1.807) is 6.92 Å². The first-order valence-corrected chi connectivity index (χ1v) is 5.57. The molecular weight excluding hydrogens is 224 g/mol. The van der Waals surface area contributed by atoms with Crippen LogP contribution in [-0.2, 0) is 14.3 Å². The average molecular weight is 240 g/mol. The van der Waals surface area contributed by atoms with Crippen LogP contribution < -0.4 is 5.32 Å². The van der Waals surface area contributed by atoms with E-state index < -0.39 is 28.8 Å². The third-order valence-electron chi connectivity index (χ3n) is 3.47. The maximum atomic E-state index is 12.2. The Morgan fingerprint density at radius 2 is 1.88 bits per heavy atom. The molecule has 4 amide bonds. The van der Waals surface area contributed by atoms with Crippen LogP contribution in [0.25, 0.3) is 0 Å². The summed E-state index contributed by atoms with van der Waals surface area (Å²) in [6, 6.07) is -0.646. The second-order valence-electron chi connectivity index (χ2n) is 5.32. The molecule has 0 saturated carbocycles. The van der Waals surface area contributed by atoms with E-state index in [0.29, 0.717) is 19.6 Å². The zero-order chi connectivity index (χ0) is 12.8. The summed E-state index contributed by atoms with van der Waals surface area (Å²) in [5.74, 6) is -1.01. The van der Waals surface area contributed by atoms with Gasteiger partial charge in [0, 0.05) is 6.61 Å². The van der Waals surface area contributed by atoms with E-state index in [9.17, 15) is 14.4 Å². The molecule has 2 rings (SSSR count). The van der Waals surface area contributed by atoms with Gasteiger partial charge in [-0.25, -0.2) is 4.79 Å². The molecule has 1 N–H and O–H groups in total. The monoisotopic (exact) mass is 240 g/mol. The molecule has 94 valence electrons. The largest absolute Gasteiger partial charge is 0.379 e. The highest BCUT2D eigenvalue weighted by molar-refractivity contribution is 6.19. The van der Waals surface area contributed by atoms with E-state index in [0.717, 1.165) is 4.90 Å². The molecule has 2 aliphatic heterocycles. The molecule has 2 heterocycles. The Morgan fingerprint density at radius 3 is 2.41 bits per heavy atom. The first-order valence-electron chi connectivity index (χ1n) is 5.57. The predicted molar refractivity (Wildman–Crippen MR) is 58.0 cm³/mol. The molecule has 6 heteroatoms. The summed E-state index contributed by atoms with van der Waals surface area (Å²) in [6.45, 7) is 5.66. The van der Waals surface area contributed by atoms with E-state index in [2.05, 4.69) is 5.32 Å². The van der Waals surface area contributed by atoms with Gasteiger partial charge in [0.1, 0.15) is 5.41 Å². The third kappa shape index (κ3) is 1.63. The molecule has 2 saturated heterocycles. The molecule has 0 aromatic heterocycles. The van der Waals surface area contributed by atoms with E-state index >= 15 is 0 Å². The SMILES string of the molecule is CC1(C)C(=O)NC(=O)N(C2(C)CCOC2)C1=O. The average Bonchev–Trinajstić information content (AvgIpc) is 2.63. The molecule has 0 aromatic rings. The van der Waals surface area contributed by atoms with Gasteiger partial charge in [-0.3, -0.25) is 19.8 Å². The summed E-state index contributed by atoms with van der Waals surface area (Å²) >= 11 is 0. The van der Waals surface area contributed by atoms with Gasteiger partial charge in [0.2, 0.25) is 11.8 Å². The molecule has 0 aliphatic carbocycles. The second kappa shape index (κ2) is 3.53. The van der Waals surface area contributed by atoms with Crippen molar-refractivity contribution in [3.8, 4) is 0 Å². The summed E-state index contributed by atoms with van der Waals surface area (Å²) in [6.07, 6.45) is 0.594. The smallest absolute Gasteiger partial charge is 0.331 e. The molecule has 17 heavy (non-hydrogen) atoms. The van der Waals surface area contributed by atoms with Crippen LogP contribution in [0.1, 0.15) is 27.2 Å². The molecule has 2 fully saturated rings. The highest BCUT2D eigenvalue weighted by atomic mass is 16.5. The first-order chi connectivity index (χ1) is 7.79. The lowest BCUT2D eigenvalue weighted by Crippen LogP contribution is -2.68. The highest BCUT2D eigenvalue weighted by Crippen LogP contribution is 2.33. The Labute approximate surface area is 99.3 Å². The van der Waals surface area contributed by atoms with Crippen LogP contribution >= 0.6 is 0 Å². The fraction of sp³-hybridized carbons (Fsp3) is 0.727. The minimum Gasteiger partial charge on any atom is -0.379 e. The van der Waals surface area contributed by atoms with Gasteiger partial charge in [0.05, 0.1) is 12.1 Å². The number of hydrogen-bond acceptors (Lipinski definition) is 4. The van der Waals surface area contributed by atoms with Crippen molar-refractivity contribution in [3.05, 3.63) is 0 Å². The van der Waals surface area contributed by atoms with Gasteiger partial charge >= 0.3 is 6.03 Å². The summed E-state index contributed by atoms with van der Waals surface area (Å²) in [5.41, 5.74) is -1.86. The van der Waals surface area contributed by atoms with Crippen molar-refractivity contribution < 1.29 is 19.1 Å². The fourth-order valence-corrected chi connectivity index (χ4v) is 2.10. The summed E-state index contributed by atoms with van der Waals surface area (Å²) in [5, 5.41) is 2.22. The van der Waals surface area contributed by atoms with Gasteiger partial charge < -0.3 is 4.74 Å². The summed E-state index contributed by atoms with van der Waals surface area (Å²) < 4.78 is 5.25. The third-order valence-corrected chi connectivity index (χ3v) is 3.47. The minimum absolute atomic E-state index is 0.316. The lowest BCUT2D eigenvalue weighted by atomic mass is 9.85. The molecular formula is C11H16N2O4. The molecule has 2 aliphatic rings. The zero-order valence-corrected chi connectivity index (χ0v) is 10.2. The predicted octanol–water partition coefficient (Wildman–Crippen LogP) is 0.270. The van der Waals surface area contributed by atoms with Gasteiger partial charge in [-0.1, -0.05) is 0 Å². The van der Waals surface area contributed by atoms with Gasteiger partial charge in [0.15, 0.2) is 0 Å². The number of barbiturate groups is 1. The summed E-state index contributed by atoms with van der Waals surface area (Å²) in [7, 11) is 0. The fourth-order valence-electron chi connectivity index (χ4n) is 2.10. The van der Waals surface area contributed by atoms with Gasteiger partial charge in [-0.2, -0.15) is 0 Å². The number of nitrogens with zero attached hydrogens (tertiary/aromatic N) is 1.